The first-order chi connectivity index (χ1) is 12.2. The summed E-state index contributed by atoms with van der Waals surface area (Å²) in [6.07, 6.45) is 4.01. The van der Waals surface area contributed by atoms with Gasteiger partial charge in [-0.05, 0) is 37.4 Å². The molecule has 136 valence electrons. The Kier molecular flexibility index (Phi) is 5.99. The molecule has 3 heterocycles. The lowest BCUT2D eigenvalue weighted by molar-refractivity contribution is 0.189. The Hall–Kier alpha value is -1.99. The molecule has 1 N–H and O–H groups in total. The van der Waals surface area contributed by atoms with E-state index in [1.165, 1.54) is 6.42 Å². The van der Waals surface area contributed by atoms with E-state index in [0.29, 0.717) is 24.9 Å². The molecule has 1 aliphatic heterocycles. The van der Waals surface area contributed by atoms with Crippen molar-refractivity contribution < 1.29 is 9.26 Å². The van der Waals surface area contributed by atoms with E-state index in [0.717, 1.165) is 36.8 Å². The lowest BCUT2D eigenvalue weighted by Crippen LogP contribution is -2.27. The predicted molar refractivity (Wildman–Crippen MR) is 96.3 cm³/mol. The van der Waals surface area contributed by atoms with E-state index < -0.39 is 0 Å². The molecular formula is C18H27N5O2. The summed E-state index contributed by atoms with van der Waals surface area (Å²) in [6, 6.07) is 4.08. The van der Waals surface area contributed by atoms with Crippen LogP contribution in [0.1, 0.15) is 38.6 Å². The monoisotopic (exact) mass is 345 g/mol. The number of aromatic nitrogens is 3. The van der Waals surface area contributed by atoms with Gasteiger partial charge in [0, 0.05) is 32.0 Å². The summed E-state index contributed by atoms with van der Waals surface area (Å²) in [4.78, 5) is 11.4. The van der Waals surface area contributed by atoms with Gasteiger partial charge in [0.15, 0.2) is 0 Å². The molecule has 7 nitrogen and oxygen atoms in total. The van der Waals surface area contributed by atoms with Crippen LogP contribution in [0.25, 0.3) is 11.4 Å². The number of likely N-dealkylation sites (tertiary alicyclic amines) is 1. The Bertz CT molecular complexity index is 673. The average molecular weight is 345 g/mol. The van der Waals surface area contributed by atoms with E-state index in [1.807, 2.05) is 12.1 Å². The number of rotatable bonds is 8. The quantitative estimate of drug-likeness (QED) is 0.737. The number of nitrogens with zero attached hydrogens (tertiary/aromatic N) is 4. The minimum absolute atomic E-state index is 0.241. The molecule has 0 saturated carbocycles. The van der Waals surface area contributed by atoms with Gasteiger partial charge in [0.1, 0.15) is 5.82 Å². The van der Waals surface area contributed by atoms with Crippen LogP contribution in [-0.2, 0) is 4.74 Å². The summed E-state index contributed by atoms with van der Waals surface area (Å²) in [6.45, 7) is 7.98. The molecule has 25 heavy (non-hydrogen) atoms. The van der Waals surface area contributed by atoms with E-state index in [4.69, 9.17) is 9.26 Å². The summed E-state index contributed by atoms with van der Waals surface area (Å²) in [5.74, 6) is 2.74. The molecule has 7 heteroatoms. The highest BCUT2D eigenvalue weighted by atomic mass is 16.5. The fraction of sp³-hybridized carbons (Fsp3) is 0.611. The van der Waals surface area contributed by atoms with Crippen LogP contribution in [-0.4, -0.2) is 53.4 Å². The standard InChI is InChI=1S/C18H27N5O2/c1-13(2)12-23-9-4-5-15(23)18-21-17(22-25-18)14-6-7-19-16(11-14)20-8-10-24-3/h6-7,11,13,15H,4-5,8-10,12H2,1-3H3,(H,19,20)/t15-/m0/s1. The molecule has 0 aromatic carbocycles. The van der Waals surface area contributed by atoms with Gasteiger partial charge in [-0.2, -0.15) is 4.98 Å². The Morgan fingerprint density at radius 1 is 1.44 bits per heavy atom. The van der Waals surface area contributed by atoms with E-state index in [-0.39, 0.29) is 6.04 Å². The zero-order valence-electron chi connectivity index (χ0n) is 15.2. The maximum absolute atomic E-state index is 5.59. The van der Waals surface area contributed by atoms with Crippen LogP contribution in [0.5, 0.6) is 0 Å². The van der Waals surface area contributed by atoms with Crippen molar-refractivity contribution in [3.05, 3.63) is 24.2 Å². The second-order valence-electron chi connectivity index (χ2n) is 6.85. The largest absolute Gasteiger partial charge is 0.383 e. The topological polar surface area (TPSA) is 76.3 Å². The fourth-order valence-electron chi connectivity index (χ4n) is 3.23. The van der Waals surface area contributed by atoms with Crippen molar-refractivity contribution in [3.8, 4) is 11.4 Å². The van der Waals surface area contributed by atoms with Crippen LogP contribution in [0.2, 0.25) is 0 Å². The van der Waals surface area contributed by atoms with Gasteiger partial charge in [0.05, 0.1) is 12.6 Å². The summed E-state index contributed by atoms with van der Waals surface area (Å²) in [5, 5.41) is 7.40. The van der Waals surface area contributed by atoms with Crippen LogP contribution < -0.4 is 5.32 Å². The fourth-order valence-corrected chi connectivity index (χ4v) is 3.23. The molecule has 2 aromatic heterocycles. The van der Waals surface area contributed by atoms with Crippen molar-refractivity contribution in [2.45, 2.75) is 32.7 Å². The summed E-state index contributed by atoms with van der Waals surface area (Å²) in [7, 11) is 1.68. The smallest absolute Gasteiger partial charge is 0.244 e. The highest BCUT2D eigenvalue weighted by molar-refractivity contribution is 5.58. The normalized spacial score (nSPS) is 18.2. The van der Waals surface area contributed by atoms with Crippen molar-refractivity contribution in [1.29, 1.82) is 0 Å². The molecule has 1 fully saturated rings. The van der Waals surface area contributed by atoms with Gasteiger partial charge >= 0.3 is 0 Å². The van der Waals surface area contributed by atoms with Gasteiger partial charge in [-0.25, -0.2) is 4.98 Å². The summed E-state index contributed by atoms with van der Waals surface area (Å²) >= 11 is 0. The number of nitrogens with one attached hydrogen (secondary N) is 1. The van der Waals surface area contributed by atoms with Crippen LogP contribution in [0, 0.1) is 5.92 Å². The maximum atomic E-state index is 5.59. The first-order valence-corrected chi connectivity index (χ1v) is 8.94. The number of hydrogen-bond acceptors (Lipinski definition) is 7. The van der Waals surface area contributed by atoms with Gasteiger partial charge in [0.2, 0.25) is 11.7 Å². The molecule has 0 radical (unpaired) electrons. The molecule has 1 saturated heterocycles. The molecule has 1 aliphatic rings. The Labute approximate surface area is 148 Å². The average Bonchev–Trinajstić information content (AvgIpc) is 3.24. The number of methoxy groups -OCH3 is 1. The predicted octanol–water partition coefficient (Wildman–Crippen LogP) is 2.98. The van der Waals surface area contributed by atoms with Crippen molar-refractivity contribution in [1.82, 2.24) is 20.0 Å². The van der Waals surface area contributed by atoms with E-state index >= 15 is 0 Å². The summed E-state index contributed by atoms with van der Waals surface area (Å²) < 4.78 is 10.6. The Balaban J connectivity index is 1.72. The molecule has 1 atom stereocenters. The molecule has 0 amide bonds. The first kappa shape index (κ1) is 17.8. The zero-order chi connectivity index (χ0) is 17.6. The van der Waals surface area contributed by atoms with Crippen molar-refractivity contribution in [2.24, 2.45) is 5.92 Å². The van der Waals surface area contributed by atoms with E-state index in [1.54, 1.807) is 13.3 Å². The molecule has 0 unspecified atom stereocenters. The van der Waals surface area contributed by atoms with Crippen molar-refractivity contribution in [3.63, 3.8) is 0 Å². The van der Waals surface area contributed by atoms with Crippen LogP contribution >= 0.6 is 0 Å². The second kappa shape index (κ2) is 8.40. The first-order valence-electron chi connectivity index (χ1n) is 8.94. The van der Waals surface area contributed by atoms with Gasteiger partial charge in [-0.1, -0.05) is 19.0 Å². The van der Waals surface area contributed by atoms with Gasteiger partial charge in [0.25, 0.3) is 0 Å². The van der Waals surface area contributed by atoms with Gasteiger partial charge in [-0.3, -0.25) is 4.90 Å². The minimum Gasteiger partial charge on any atom is -0.383 e. The number of ether oxygens (including phenoxy) is 1. The third-order valence-electron chi connectivity index (χ3n) is 4.32. The van der Waals surface area contributed by atoms with E-state index in [9.17, 15) is 0 Å². The van der Waals surface area contributed by atoms with Crippen LogP contribution in [0.3, 0.4) is 0 Å². The molecule has 0 spiro atoms. The Morgan fingerprint density at radius 3 is 3.12 bits per heavy atom. The van der Waals surface area contributed by atoms with Crippen molar-refractivity contribution >= 4 is 5.82 Å². The lowest BCUT2D eigenvalue weighted by Gasteiger charge is -2.23. The van der Waals surface area contributed by atoms with Crippen molar-refractivity contribution in [2.75, 3.05) is 38.7 Å². The zero-order valence-corrected chi connectivity index (χ0v) is 15.2. The van der Waals surface area contributed by atoms with Gasteiger partial charge in [-0.15, -0.1) is 0 Å². The molecule has 0 aliphatic carbocycles. The molecule has 2 aromatic rings. The number of anilines is 1. The lowest BCUT2D eigenvalue weighted by atomic mass is 10.1. The highest BCUT2D eigenvalue weighted by Crippen LogP contribution is 2.32. The maximum Gasteiger partial charge on any atom is 0.244 e. The molecule has 3 rings (SSSR count). The number of hydrogen-bond donors (Lipinski definition) is 1. The Morgan fingerprint density at radius 2 is 2.32 bits per heavy atom. The summed E-state index contributed by atoms with van der Waals surface area (Å²) in [5.41, 5.74) is 0.901. The number of pyridine rings is 1. The second-order valence-corrected chi connectivity index (χ2v) is 6.85. The van der Waals surface area contributed by atoms with Crippen LogP contribution in [0.4, 0.5) is 5.82 Å². The van der Waals surface area contributed by atoms with E-state index in [2.05, 4.69) is 39.2 Å². The minimum atomic E-state index is 0.241. The third-order valence-corrected chi connectivity index (χ3v) is 4.32. The highest BCUT2D eigenvalue weighted by Gasteiger charge is 2.31. The third kappa shape index (κ3) is 4.55. The van der Waals surface area contributed by atoms with Gasteiger partial charge < -0.3 is 14.6 Å². The van der Waals surface area contributed by atoms with Crippen LogP contribution in [0.15, 0.2) is 22.9 Å². The SMILES string of the molecule is COCCNc1cc(-c2noc([C@@H]3CCCN3CC(C)C)n2)ccn1. The molecular weight excluding hydrogens is 318 g/mol. The molecule has 0 bridgehead atoms.